The lowest BCUT2D eigenvalue weighted by Crippen LogP contribution is -2.51. The monoisotopic (exact) mass is 380 g/mol. The number of thiazole rings is 1. The van der Waals surface area contributed by atoms with E-state index in [4.69, 9.17) is 0 Å². The van der Waals surface area contributed by atoms with Gasteiger partial charge in [-0.2, -0.15) is 0 Å². The molecule has 1 aromatic rings. The first-order valence-corrected chi connectivity index (χ1v) is 8.76. The Labute approximate surface area is 154 Å². The van der Waals surface area contributed by atoms with E-state index in [0.717, 1.165) is 50.2 Å². The minimum absolute atomic E-state index is 0. The summed E-state index contributed by atoms with van der Waals surface area (Å²) in [5.41, 5.74) is 0. The van der Waals surface area contributed by atoms with E-state index in [9.17, 15) is 4.79 Å². The fraction of sp³-hybridized carbons (Fsp3) is 0.733. The number of aromatic nitrogens is 1. The van der Waals surface area contributed by atoms with Crippen LogP contribution in [-0.2, 0) is 11.2 Å². The Morgan fingerprint density at radius 2 is 2.00 bits per heavy atom. The molecule has 2 aliphatic rings. The molecule has 132 valence electrons. The van der Waals surface area contributed by atoms with Gasteiger partial charge >= 0.3 is 0 Å². The molecule has 1 amide bonds. The number of amides is 1. The Hall–Kier alpha value is -0.560. The summed E-state index contributed by atoms with van der Waals surface area (Å²) in [6, 6.07) is 0. The highest BCUT2D eigenvalue weighted by molar-refractivity contribution is 7.15. The van der Waals surface area contributed by atoms with Gasteiger partial charge in [0, 0.05) is 37.3 Å². The zero-order valence-electron chi connectivity index (χ0n) is 13.5. The van der Waals surface area contributed by atoms with Crippen molar-refractivity contribution in [1.82, 2.24) is 15.2 Å². The normalized spacial score (nSPS) is 17.4. The van der Waals surface area contributed by atoms with Crippen LogP contribution in [0.3, 0.4) is 0 Å². The van der Waals surface area contributed by atoms with Crippen molar-refractivity contribution in [3.05, 3.63) is 11.1 Å². The smallest absolute Gasteiger partial charge is 0.236 e. The maximum atomic E-state index is 12.1. The van der Waals surface area contributed by atoms with Crippen LogP contribution in [0.5, 0.6) is 0 Å². The number of carbonyl (C=O) groups excluding carboxylic acids is 1. The summed E-state index contributed by atoms with van der Waals surface area (Å²) >= 11 is 1.77. The fourth-order valence-electron chi connectivity index (χ4n) is 2.57. The van der Waals surface area contributed by atoms with Crippen LogP contribution < -0.4 is 10.2 Å². The van der Waals surface area contributed by atoms with Crippen LogP contribution >= 0.6 is 36.2 Å². The van der Waals surface area contributed by atoms with Gasteiger partial charge in [-0.15, -0.1) is 36.2 Å². The zero-order chi connectivity index (χ0) is 14.7. The third kappa shape index (κ3) is 5.78. The molecule has 0 radical (unpaired) electrons. The number of aryl methyl sites for hydroxylation is 1. The van der Waals surface area contributed by atoms with Gasteiger partial charge in [0.15, 0.2) is 5.13 Å². The Balaban J connectivity index is 0.00000132. The lowest BCUT2D eigenvalue weighted by Gasteiger charge is -2.34. The number of nitrogens with one attached hydrogen (secondary N) is 1. The first-order chi connectivity index (χ1) is 10.3. The molecule has 23 heavy (non-hydrogen) atoms. The van der Waals surface area contributed by atoms with Crippen LogP contribution in [0.4, 0.5) is 5.13 Å². The number of carbonyl (C=O) groups is 1. The molecule has 0 aromatic carbocycles. The van der Waals surface area contributed by atoms with Crippen LogP contribution in [-0.4, -0.2) is 55.1 Å². The SMILES string of the molecule is CCc1cnc(N2CCN(C(=O)CNCC3CC3)CC2)s1.Cl.Cl. The largest absolute Gasteiger partial charge is 0.345 e. The highest BCUT2D eigenvalue weighted by Gasteiger charge is 2.24. The second-order valence-electron chi connectivity index (χ2n) is 5.90. The Morgan fingerprint density at radius 3 is 2.57 bits per heavy atom. The number of nitrogens with zero attached hydrogens (tertiary/aromatic N) is 3. The van der Waals surface area contributed by atoms with Crippen molar-refractivity contribution < 1.29 is 4.79 Å². The van der Waals surface area contributed by atoms with E-state index >= 15 is 0 Å². The molecular weight excluding hydrogens is 355 g/mol. The second-order valence-corrected chi connectivity index (χ2v) is 7.00. The van der Waals surface area contributed by atoms with Crippen molar-refractivity contribution >= 4 is 47.2 Å². The molecule has 0 atom stereocenters. The fourth-order valence-corrected chi connectivity index (χ4v) is 3.47. The van der Waals surface area contributed by atoms with Crippen LogP contribution in [0.15, 0.2) is 6.20 Å². The van der Waals surface area contributed by atoms with Gasteiger partial charge in [0.1, 0.15) is 0 Å². The maximum absolute atomic E-state index is 12.1. The molecular formula is C15H26Cl2N4OS. The molecule has 0 bridgehead atoms. The van der Waals surface area contributed by atoms with Gasteiger partial charge in [0.25, 0.3) is 0 Å². The maximum Gasteiger partial charge on any atom is 0.236 e. The van der Waals surface area contributed by atoms with Crippen LogP contribution in [0.1, 0.15) is 24.6 Å². The summed E-state index contributed by atoms with van der Waals surface area (Å²) in [4.78, 5) is 22.2. The molecule has 1 aliphatic carbocycles. The van der Waals surface area contributed by atoms with Gasteiger partial charge < -0.3 is 15.1 Å². The van der Waals surface area contributed by atoms with Crippen LogP contribution in [0, 0.1) is 5.92 Å². The van der Waals surface area contributed by atoms with Gasteiger partial charge in [0.2, 0.25) is 5.91 Å². The average Bonchev–Trinajstić information content (AvgIpc) is 3.21. The van der Waals surface area contributed by atoms with Crippen molar-refractivity contribution in [2.24, 2.45) is 5.92 Å². The van der Waals surface area contributed by atoms with E-state index in [0.29, 0.717) is 6.54 Å². The predicted octanol–water partition coefficient (Wildman–Crippen LogP) is 2.20. The van der Waals surface area contributed by atoms with E-state index < -0.39 is 0 Å². The molecule has 2 heterocycles. The number of piperazine rings is 1. The van der Waals surface area contributed by atoms with Crippen molar-refractivity contribution in [1.29, 1.82) is 0 Å². The standard InChI is InChI=1S/C15H24N4OS.2ClH/c1-2-13-10-17-15(21-13)19-7-5-18(6-8-19)14(20)11-16-9-12-3-4-12;;/h10,12,16H,2-9,11H2,1H3;2*1H. The summed E-state index contributed by atoms with van der Waals surface area (Å²) < 4.78 is 0. The van der Waals surface area contributed by atoms with Gasteiger partial charge in [-0.3, -0.25) is 4.79 Å². The van der Waals surface area contributed by atoms with E-state index in [2.05, 4.69) is 22.1 Å². The number of anilines is 1. The summed E-state index contributed by atoms with van der Waals surface area (Å²) in [6.07, 6.45) is 5.67. The van der Waals surface area contributed by atoms with Crippen molar-refractivity contribution in [3.8, 4) is 0 Å². The average molecular weight is 381 g/mol. The van der Waals surface area contributed by atoms with E-state index in [1.807, 2.05) is 11.1 Å². The minimum atomic E-state index is 0. The Bertz CT molecular complexity index is 488. The van der Waals surface area contributed by atoms with Crippen molar-refractivity contribution in [2.75, 3.05) is 44.2 Å². The number of rotatable bonds is 6. The molecule has 1 aliphatic heterocycles. The summed E-state index contributed by atoms with van der Waals surface area (Å²) in [5.74, 6) is 1.07. The van der Waals surface area contributed by atoms with Gasteiger partial charge in [0.05, 0.1) is 6.54 Å². The lowest BCUT2D eigenvalue weighted by molar-refractivity contribution is -0.130. The molecule has 3 rings (SSSR count). The molecule has 0 unspecified atom stereocenters. The van der Waals surface area contributed by atoms with Crippen molar-refractivity contribution in [2.45, 2.75) is 26.2 Å². The molecule has 0 spiro atoms. The lowest BCUT2D eigenvalue weighted by atomic mass is 10.3. The first kappa shape index (κ1) is 20.5. The minimum Gasteiger partial charge on any atom is -0.345 e. The van der Waals surface area contributed by atoms with Crippen LogP contribution in [0.2, 0.25) is 0 Å². The van der Waals surface area contributed by atoms with Crippen molar-refractivity contribution in [3.63, 3.8) is 0 Å². The molecule has 2 fully saturated rings. The van der Waals surface area contributed by atoms with E-state index in [1.54, 1.807) is 11.3 Å². The third-order valence-electron chi connectivity index (χ3n) is 4.20. The van der Waals surface area contributed by atoms with Gasteiger partial charge in [-0.05, 0) is 31.7 Å². The number of halogens is 2. The van der Waals surface area contributed by atoms with Gasteiger partial charge in [-0.25, -0.2) is 4.98 Å². The molecule has 8 heteroatoms. The van der Waals surface area contributed by atoms with Crippen LogP contribution in [0.25, 0.3) is 0 Å². The predicted molar refractivity (Wildman–Crippen MR) is 100 cm³/mol. The molecule has 1 aromatic heterocycles. The Morgan fingerprint density at radius 1 is 1.30 bits per heavy atom. The highest BCUT2D eigenvalue weighted by atomic mass is 35.5. The molecule has 5 nitrogen and oxygen atoms in total. The zero-order valence-corrected chi connectivity index (χ0v) is 15.9. The Kier molecular flexibility index (Phi) is 8.61. The molecule has 1 saturated carbocycles. The topological polar surface area (TPSA) is 48.5 Å². The summed E-state index contributed by atoms with van der Waals surface area (Å²) in [6.45, 7) is 7.06. The second kappa shape index (κ2) is 9.67. The molecule has 1 N–H and O–H groups in total. The third-order valence-corrected chi connectivity index (χ3v) is 5.40. The molecule has 1 saturated heterocycles. The summed E-state index contributed by atoms with van der Waals surface area (Å²) in [7, 11) is 0. The number of hydrogen-bond donors (Lipinski definition) is 1. The quantitative estimate of drug-likeness (QED) is 0.821. The highest BCUT2D eigenvalue weighted by Crippen LogP contribution is 2.27. The van der Waals surface area contributed by atoms with E-state index in [-0.39, 0.29) is 30.7 Å². The number of hydrogen-bond acceptors (Lipinski definition) is 5. The van der Waals surface area contributed by atoms with Gasteiger partial charge in [-0.1, -0.05) is 6.92 Å². The first-order valence-electron chi connectivity index (χ1n) is 7.94. The summed E-state index contributed by atoms with van der Waals surface area (Å²) in [5, 5.41) is 4.39. The van der Waals surface area contributed by atoms with E-state index in [1.165, 1.54) is 17.7 Å².